The number of rotatable bonds is 5. The summed E-state index contributed by atoms with van der Waals surface area (Å²) in [6.45, 7) is 4.31. The zero-order chi connectivity index (χ0) is 17.0. The Morgan fingerprint density at radius 3 is 2.35 bits per heavy atom. The molecule has 2 aromatic rings. The van der Waals surface area contributed by atoms with E-state index in [0.29, 0.717) is 22.3 Å². The molecule has 0 aromatic heterocycles. The van der Waals surface area contributed by atoms with E-state index in [4.69, 9.17) is 9.84 Å². The molecule has 6 heteroatoms. The molecule has 120 valence electrons. The Balaban J connectivity index is 2.19. The second kappa shape index (κ2) is 7.28. The summed E-state index contributed by atoms with van der Waals surface area (Å²) in [6, 6.07) is 9.43. The Hall–Kier alpha value is -2.34. The van der Waals surface area contributed by atoms with Crippen molar-refractivity contribution in [3.8, 4) is 5.75 Å². The van der Waals surface area contributed by atoms with Gasteiger partial charge in [0.05, 0.1) is 16.6 Å². The lowest BCUT2D eigenvalue weighted by Crippen LogP contribution is -2.12. The van der Waals surface area contributed by atoms with E-state index in [1.165, 1.54) is 12.1 Å². The number of carboxylic acids is 1. The molecule has 2 rings (SSSR count). The molecule has 0 bridgehead atoms. The second-order valence-corrected chi connectivity index (χ2v) is 5.73. The highest BCUT2D eigenvalue weighted by molar-refractivity contribution is 9.10. The van der Waals surface area contributed by atoms with Crippen LogP contribution in [-0.4, -0.2) is 23.6 Å². The highest BCUT2D eigenvalue weighted by atomic mass is 79.9. The Morgan fingerprint density at radius 2 is 1.83 bits per heavy atom. The number of carbonyl (C=O) groups is 2. The van der Waals surface area contributed by atoms with Gasteiger partial charge in [-0.25, -0.2) is 4.79 Å². The molecule has 2 N–H and O–H groups in total. The Bertz CT molecular complexity index is 718. The third-order valence-corrected chi connectivity index (χ3v) is 3.76. The normalized spacial score (nSPS) is 10.2. The quantitative estimate of drug-likeness (QED) is 0.821. The van der Waals surface area contributed by atoms with Gasteiger partial charge in [0.15, 0.2) is 0 Å². The molecular weight excluding hydrogens is 362 g/mol. The molecule has 0 radical (unpaired) electrons. The molecule has 0 aliphatic carbocycles. The van der Waals surface area contributed by atoms with Gasteiger partial charge in [0.2, 0.25) is 0 Å². The molecule has 0 aliphatic heterocycles. The Labute approximate surface area is 142 Å². The van der Waals surface area contributed by atoms with Crippen LogP contribution in [0.4, 0.5) is 5.69 Å². The first kappa shape index (κ1) is 17.0. The fourth-order valence-corrected chi connectivity index (χ4v) is 2.76. The third kappa shape index (κ3) is 4.10. The van der Waals surface area contributed by atoms with Crippen molar-refractivity contribution in [2.24, 2.45) is 0 Å². The van der Waals surface area contributed by atoms with E-state index in [-0.39, 0.29) is 11.5 Å². The molecule has 0 unspecified atom stereocenters. The minimum Gasteiger partial charge on any atom is -0.492 e. The zero-order valence-electron chi connectivity index (χ0n) is 12.7. The number of ether oxygens (including phenoxy) is 1. The Morgan fingerprint density at radius 1 is 1.17 bits per heavy atom. The molecule has 23 heavy (non-hydrogen) atoms. The van der Waals surface area contributed by atoms with E-state index in [9.17, 15) is 9.59 Å². The molecule has 0 saturated carbocycles. The molecule has 0 fully saturated rings. The number of halogens is 1. The molecule has 0 spiro atoms. The summed E-state index contributed by atoms with van der Waals surface area (Å²) in [6.07, 6.45) is 0. The smallest absolute Gasteiger partial charge is 0.335 e. The Kier molecular flexibility index (Phi) is 5.39. The van der Waals surface area contributed by atoms with Crippen LogP contribution < -0.4 is 10.1 Å². The van der Waals surface area contributed by atoms with Gasteiger partial charge in [0.1, 0.15) is 5.75 Å². The fraction of sp³-hybridized carbons (Fsp3) is 0.176. The van der Waals surface area contributed by atoms with Gasteiger partial charge in [-0.1, -0.05) is 0 Å². The van der Waals surface area contributed by atoms with Crippen molar-refractivity contribution in [2.75, 3.05) is 11.9 Å². The second-order valence-electron chi connectivity index (χ2n) is 4.87. The topological polar surface area (TPSA) is 75.6 Å². The van der Waals surface area contributed by atoms with Crippen LogP contribution in [0.25, 0.3) is 0 Å². The standard InChI is InChI=1S/C17H16BrNO4/c1-3-23-15-10(2)8-12(9-14(15)18)16(20)19-13-6-4-11(5-7-13)17(21)22/h4-9H,3H2,1-2H3,(H,19,20)(H,21,22). The highest BCUT2D eigenvalue weighted by Crippen LogP contribution is 2.30. The lowest BCUT2D eigenvalue weighted by Gasteiger charge is -2.12. The van der Waals surface area contributed by atoms with Gasteiger partial charge in [-0.05, 0) is 71.7 Å². The first-order valence-corrected chi connectivity index (χ1v) is 7.79. The van der Waals surface area contributed by atoms with E-state index in [2.05, 4.69) is 21.2 Å². The van der Waals surface area contributed by atoms with E-state index in [1.807, 2.05) is 13.8 Å². The van der Waals surface area contributed by atoms with Crippen LogP contribution in [-0.2, 0) is 0 Å². The van der Waals surface area contributed by atoms with Gasteiger partial charge in [0, 0.05) is 11.3 Å². The minimum atomic E-state index is -1.01. The monoisotopic (exact) mass is 377 g/mol. The molecule has 0 heterocycles. The van der Waals surface area contributed by atoms with Crippen LogP contribution in [0.5, 0.6) is 5.75 Å². The number of benzene rings is 2. The van der Waals surface area contributed by atoms with Crippen molar-refractivity contribution in [3.63, 3.8) is 0 Å². The third-order valence-electron chi connectivity index (χ3n) is 3.17. The van der Waals surface area contributed by atoms with Crippen molar-refractivity contribution < 1.29 is 19.4 Å². The number of carboxylic acid groups (broad SMARTS) is 1. The molecule has 2 aromatic carbocycles. The lowest BCUT2D eigenvalue weighted by molar-refractivity contribution is 0.0696. The summed E-state index contributed by atoms with van der Waals surface area (Å²) in [4.78, 5) is 23.1. The molecule has 0 saturated heterocycles. The van der Waals surface area contributed by atoms with Crippen LogP contribution >= 0.6 is 15.9 Å². The first-order valence-electron chi connectivity index (χ1n) is 7.00. The summed E-state index contributed by atoms with van der Waals surface area (Å²) in [7, 11) is 0. The van der Waals surface area contributed by atoms with Crippen molar-refractivity contribution in [1.29, 1.82) is 0 Å². The van der Waals surface area contributed by atoms with Crippen LogP contribution in [0.3, 0.4) is 0 Å². The molecule has 5 nitrogen and oxygen atoms in total. The molecule has 0 aliphatic rings. The molecule has 1 amide bonds. The summed E-state index contributed by atoms with van der Waals surface area (Å²) in [5.41, 5.74) is 2.04. The number of aryl methyl sites for hydroxylation is 1. The number of amides is 1. The number of anilines is 1. The number of nitrogens with one attached hydrogen (secondary N) is 1. The average molecular weight is 378 g/mol. The van der Waals surface area contributed by atoms with Crippen LogP contribution in [0.1, 0.15) is 33.2 Å². The van der Waals surface area contributed by atoms with Gasteiger partial charge < -0.3 is 15.2 Å². The van der Waals surface area contributed by atoms with Gasteiger partial charge in [-0.2, -0.15) is 0 Å². The predicted molar refractivity (Wildman–Crippen MR) is 91.4 cm³/mol. The maximum Gasteiger partial charge on any atom is 0.335 e. The number of carbonyl (C=O) groups excluding carboxylic acids is 1. The van der Waals surface area contributed by atoms with Crippen LogP contribution in [0.2, 0.25) is 0 Å². The van der Waals surface area contributed by atoms with Crippen LogP contribution in [0.15, 0.2) is 40.9 Å². The zero-order valence-corrected chi connectivity index (χ0v) is 14.3. The fourth-order valence-electron chi connectivity index (χ4n) is 2.09. The highest BCUT2D eigenvalue weighted by Gasteiger charge is 2.13. The van der Waals surface area contributed by atoms with Gasteiger partial charge in [0.25, 0.3) is 5.91 Å². The maximum absolute atomic E-state index is 12.3. The van der Waals surface area contributed by atoms with E-state index in [1.54, 1.807) is 24.3 Å². The van der Waals surface area contributed by atoms with Crippen LogP contribution in [0, 0.1) is 6.92 Å². The van der Waals surface area contributed by atoms with E-state index >= 15 is 0 Å². The van der Waals surface area contributed by atoms with Crippen molar-refractivity contribution >= 4 is 33.5 Å². The van der Waals surface area contributed by atoms with E-state index in [0.717, 1.165) is 11.3 Å². The summed E-state index contributed by atoms with van der Waals surface area (Å²) in [5.74, 6) is -0.566. The van der Waals surface area contributed by atoms with Crippen molar-refractivity contribution in [2.45, 2.75) is 13.8 Å². The lowest BCUT2D eigenvalue weighted by atomic mass is 10.1. The SMILES string of the molecule is CCOc1c(C)cc(C(=O)Nc2ccc(C(=O)O)cc2)cc1Br. The summed E-state index contributed by atoms with van der Waals surface area (Å²) >= 11 is 3.41. The number of hydrogen-bond acceptors (Lipinski definition) is 3. The molecule has 0 atom stereocenters. The largest absolute Gasteiger partial charge is 0.492 e. The summed E-state index contributed by atoms with van der Waals surface area (Å²) < 4.78 is 6.24. The van der Waals surface area contributed by atoms with E-state index < -0.39 is 5.97 Å². The maximum atomic E-state index is 12.3. The predicted octanol–water partition coefficient (Wildman–Crippen LogP) is 4.11. The first-order chi connectivity index (χ1) is 10.9. The van der Waals surface area contributed by atoms with Crippen molar-refractivity contribution in [3.05, 3.63) is 57.6 Å². The number of hydrogen-bond donors (Lipinski definition) is 2. The minimum absolute atomic E-state index is 0.169. The summed E-state index contributed by atoms with van der Waals surface area (Å²) in [5, 5.41) is 11.6. The average Bonchev–Trinajstić information content (AvgIpc) is 2.51. The van der Waals surface area contributed by atoms with Gasteiger partial charge in [-0.15, -0.1) is 0 Å². The van der Waals surface area contributed by atoms with Crippen molar-refractivity contribution in [1.82, 2.24) is 0 Å². The molecular formula is C17H16BrNO4. The van der Waals surface area contributed by atoms with Gasteiger partial charge in [-0.3, -0.25) is 4.79 Å². The number of aromatic carboxylic acids is 1. The van der Waals surface area contributed by atoms with Gasteiger partial charge >= 0.3 is 5.97 Å².